The fourth-order valence-corrected chi connectivity index (χ4v) is 2.89. The summed E-state index contributed by atoms with van der Waals surface area (Å²) in [5.74, 6) is 0.753. The molecule has 26 heavy (non-hydrogen) atoms. The number of nitrogens with zero attached hydrogens (tertiary/aromatic N) is 1. The van der Waals surface area contributed by atoms with Crippen LogP contribution in [0.4, 0.5) is 21.0 Å². The molecule has 0 fully saturated rings. The van der Waals surface area contributed by atoms with Crippen LogP contribution in [0.2, 0.25) is 0 Å². The molecule has 0 aromatic heterocycles. The molecule has 136 valence electrons. The summed E-state index contributed by atoms with van der Waals surface area (Å²) in [6.07, 6.45) is -0.273. The second kappa shape index (κ2) is 7.77. The van der Waals surface area contributed by atoms with E-state index in [1.54, 1.807) is 30.3 Å². The molecule has 1 aliphatic heterocycles. The van der Waals surface area contributed by atoms with Gasteiger partial charge in [-0.25, -0.2) is 9.59 Å². The summed E-state index contributed by atoms with van der Waals surface area (Å²) in [4.78, 5) is 24.6. The van der Waals surface area contributed by atoms with Crippen LogP contribution in [0.15, 0.2) is 42.5 Å². The monoisotopic (exact) mass is 355 g/mol. The molecule has 0 unspecified atom stereocenters. The van der Waals surface area contributed by atoms with Crippen molar-refractivity contribution >= 4 is 23.5 Å². The van der Waals surface area contributed by atoms with E-state index in [1.807, 2.05) is 19.1 Å². The van der Waals surface area contributed by atoms with Crippen LogP contribution in [-0.2, 0) is 13.0 Å². The highest BCUT2D eigenvalue weighted by Gasteiger charge is 2.20. The molecule has 2 aromatic rings. The van der Waals surface area contributed by atoms with E-state index in [-0.39, 0.29) is 6.03 Å². The second-order valence-electron chi connectivity index (χ2n) is 5.97. The standard InChI is InChI=1S/C19H21N3O4/c1-2-26-17-7-5-15(6-8-17)20-18(23)21-16-4-3-14-12-22(19(24)25)10-9-13(14)11-16/h3-8,11H,2,9-10,12H2,1H3,(H,24,25)(H2,20,21,23). The van der Waals surface area contributed by atoms with Gasteiger partial charge in [0.2, 0.25) is 0 Å². The maximum absolute atomic E-state index is 12.2. The molecule has 0 radical (unpaired) electrons. The van der Waals surface area contributed by atoms with Crippen LogP contribution in [0.3, 0.4) is 0 Å². The van der Waals surface area contributed by atoms with Crippen LogP contribution in [-0.4, -0.2) is 35.3 Å². The van der Waals surface area contributed by atoms with Gasteiger partial charge in [0.25, 0.3) is 0 Å². The van der Waals surface area contributed by atoms with E-state index in [2.05, 4.69) is 10.6 Å². The van der Waals surface area contributed by atoms with E-state index in [9.17, 15) is 9.59 Å². The molecular weight excluding hydrogens is 334 g/mol. The summed E-state index contributed by atoms with van der Waals surface area (Å²) in [7, 11) is 0. The van der Waals surface area contributed by atoms with Crippen molar-refractivity contribution in [3.63, 3.8) is 0 Å². The maximum atomic E-state index is 12.2. The fourth-order valence-electron chi connectivity index (χ4n) is 2.89. The van der Waals surface area contributed by atoms with E-state index >= 15 is 0 Å². The topological polar surface area (TPSA) is 90.9 Å². The number of benzene rings is 2. The Kier molecular flexibility index (Phi) is 5.26. The molecule has 1 heterocycles. The minimum Gasteiger partial charge on any atom is -0.494 e. The number of ether oxygens (including phenoxy) is 1. The van der Waals surface area contributed by atoms with Gasteiger partial charge in [0.15, 0.2) is 0 Å². The zero-order valence-electron chi connectivity index (χ0n) is 14.5. The molecule has 3 rings (SSSR count). The number of urea groups is 1. The maximum Gasteiger partial charge on any atom is 0.407 e. The van der Waals surface area contributed by atoms with Crippen LogP contribution in [0.5, 0.6) is 5.75 Å². The molecule has 0 atom stereocenters. The van der Waals surface area contributed by atoms with Gasteiger partial charge in [-0.1, -0.05) is 6.07 Å². The van der Waals surface area contributed by atoms with Crippen LogP contribution in [0, 0.1) is 0 Å². The molecule has 2 aromatic carbocycles. The lowest BCUT2D eigenvalue weighted by atomic mass is 9.99. The van der Waals surface area contributed by atoms with Gasteiger partial charge in [-0.15, -0.1) is 0 Å². The van der Waals surface area contributed by atoms with Crippen molar-refractivity contribution in [1.82, 2.24) is 4.90 Å². The van der Waals surface area contributed by atoms with E-state index in [0.717, 1.165) is 16.9 Å². The first-order valence-corrected chi connectivity index (χ1v) is 8.45. The average molecular weight is 355 g/mol. The number of amides is 3. The van der Waals surface area contributed by atoms with Crippen molar-refractivity contribution in [3.05, 3.63) is 53.6 Å². The van der Waals surface area contributed by atoms with E-state index in [0.29, 0.717) is 37.5 Å². The summed E-state index contributed by atoms with van der Waals surface area (Å²) in [6, 6.07) is 12.3. The number of rotatable bonds is 4. The lowest BCUT2D eigenvalue weighted by Gasteiger charge is -2.26. The summed E-state index contributed by atoms with van der Waals surface area (Å²) in [5.41, 5.74) is 3.37. The first kappa shape index (κ1) is 17.6. The summed E-state index contributed by atoms with van der Waals surface area (Å²) in [6.45, 7) is 3.35. The highest BCUT2D eigenvalue weighted by Crippen LogP contribution is 2.23. The highest BCUT2D eigenvalue weighted by atomic mass is 16.5. The minimum atomic E-state index is -0.910. The molecule has 0 spiro atoms. The zero-order valence-corrected chi connectivity index (χ0v) is 14.5. The Morgan fingerprint density at radius 2 is 1.77 bits per heavy atom. The van der Waals surface area contributed by atoms with Crippen molar-refractivity contribution < 1.29 is 19.4 Å². The summed E-state index contributed by atoms with van der Waals surface area (Å²) < 4.78 is 5.37. The number of carbonyl (C=O) groups excluding carboxylic acids is 1. The zero-order chi connectivity index (χ0) is 18.5. The van der Waals surface area contributed by atoms with Crippen molar-refractivity contribution in [3.8, 4) is 5.75 Å². The predicted molar refractivity (Wildman–Crippen MR) is 98.8 cm³/mol. The molecule has 1 aliphatic rings. The van der Waals surface area contributed by atoms with Crippen molar-refractivity contribution in [2.24, 2.45) is 0 Å². The van der Waals surface area contributed by atoms with E-state index in [4.69, 9.17) is 9.84 Å². The van der Waals surface area contributed by atoms with Gasteiger partial charge in [-0.05, 0) is 60.9 Å². The number of fused-ring (bicyclic) bond motifs is 1. The number of anilines is 2. The Morgan fingerprint density at radius 1 is 1.08 bits per heavy atom. The van der Waals surface area contributed by atoms with Gasteiger partial charge in [0, 0.05) is 24.5 Å². The molecule has 7 nitrogen and oxygen atoms in total. The molecule has 0 aliphatic carbocycles. The lowest BCUT2D eigenvalue weighted by Crippen LogP contribution is -2.34. The van der Waals surface area contributed by atoms with Crippen LogP contribution < -0.4 is 15.4 Å². The van der Waals surface area contributed by atoms with Crippen LogP contribution in [0.25, 0.3) is 0 Å². The molecular formula is C19H21N3O4. The highest BCUT2D eigenvalue weighted by molar-refractivity contribution is 5.99. The van der Waals surface area contributed by atoms with Gasteiger partial charge in [0.05, 0.1) is 6.61 Å². The van der Waals surface area contributed by atoms with Crippen molar-refractivity contribution in [2.45, 2.75) is 19.9 Å². The molecule has 7 heteroatoms. The molecule has 0 bridgehead atoms. The van der Waals surface area contributed by atoms with Gasteiger partial charge >= 0.3 is 12.1 Å². The number of carboxylic acid groups (broad SMARTS) is 1. The Hall–Kier alpha value is -3.22. The van der Waals surface area contributed by atoms with Crippen LogP contribution >= 0.6 is 0 Å². The number of hydrogen-bond acceptors (Lipinski definition) is 3. The smallest absolute Gasteiger partial charge is 0.407 e. The normalized spacial score (nSPS) is 12.9. The third-order valence-electron chi connectivity index (χ3n) is 4.17. The first-order chi connectivity index (χ1) is 12.5. The van der Waals surface area contributed by atoms with Gasteiger partial charge in [-0.2, -0.15) is 0 Å². The molecule has 0 saturated carbocycles. The van der Waals surface area contributed by atoms with Crippen molar-refractivity contribution in [2.75, 3.05) is 23.8 Å². The Morgan fingerprint density at radius 3 is 2.46 bits per heavy atom. The van der Waals surface area contributed by atoms with E-state index < -0.39 is 6.09 Å². The number of nitrogens with one attached hydrogen (secondary N) is 2. The molecule has 0 saturated heterocycles. The second-order valence-corrected chi connectivity index (χ2v) is 5.97. The average Bonchev–Trinajstić information content (AvgIpc) is 2.63. The minimum absolute atomic E-state index is 0.336. The molecule has 3 amide bonds. The first-order valence-electron chi connectivity index (χ1n) is 8.45. The summed E-state index contributed by atoms with van der Waals surface area (Å²) in [5, 5.41) is 14.7. The van der Waals surface area contributed by atoms with Gasteiger partial charge in [-0.3, -0.25) is 0 Å². The predicted octanol–water partition coefficient (Wildman–Crippen LogP) is 3.77. The Bertz CT molecular complexity index is 805. The lowest BCUT2D eigenvalue weighted by molar-refractivity contribution is 0.140. The molecule has 3 N–H and O–H groups in total. The SMILES string of the molecule is CCOc1ccc(NC(=O)Nc2ccc3c(c2)CCN(C(=O)O)C3)cc1. The fraction of sp³-hybridized carbons (Fsp3) is 0.263. The van der Waals surface area contributed by atoms with Crippen LogP contribution in [0.1, 0.15) is 18.1 Å². The largest absolute Gasteiger partial charge is 0.494 e. The number of hydrogen-bond donors (Lipinski definition) is 3. The van der Waals surface area contributed by atoms with Gasteiger partial charge in [0.1, 0.15) is 5.75 Å². The van der Waals surface area contributed by atoms with Crippen molar-refractivity contribution in [1.29, 1.82) is 0 Å². The number of carbonyl (C=O) groups is 2. The van der Waals surface area contributed by atoms with Gasteiger partial charge < -0.3 is 25.4 Å². The third kappa shape index (κ3) is 4.24. The third-order valence-corrected chi connectivity index (χ3v) is 4.17. The van der Waals surface area contributed by atoms with E-state index in [1.165, 1.54) is 4.90 Å². The summed E-state index contributed by atoms with van der Waals surface area (Å²) >= 11 is 0. The Labute approximate surface area is 151 Å². The Balaban J connectivity index is 1.60. The quantitative estimate of drug-likeness (QED) is 0.779.